The maximum absolute atomic E-state index is 2.47. The average Bonchev–Trinajstić information content (AvgIpc) is 2.71. The number of halogens is 1. The molecule has 0 aliphatic heterocycles. The first-order chi connectivity index (χ1) is 8.40. The van der Waals surface area contributed by atoms with Crippen LogP contribution in [0.1, 0.15) is 40.5 Å². The van der Waals surface area contributed by atoms with E-state index in [4.69, 9.17) is 0 Å². The van der Waals surface area contributed by atoms with Crippen LogP contribution < -0.4 is 0 Å². The van der Waals surface area contributed by atoms with E-state index in [-0.39, 0.29) is 38.6 Å². The van der Waals surface area contributed by atoms with E-state index in [1.165, 1.54) is 35.1 Å². The van der Waals surface area contributed by atoms with Crippen LogP contribution in [0.2, 0.25) is 13.1 Å². The van der Waals surface area contributed by atoms with Crippen molar-refractivity contribution in [3.05, 3.63) is 51.1 Å². The molecule has 0 fully saturated rings. The summed E-state index contributed by atoms with van der Waals surface area (Å²) < 4.78 is 0. The third kappa shape index (κ3) is 4.12. The minimum absolute atomic E-state index is 0. The molecule has 0 unspecified atom stereocenters. The molecule has 0 aromatic carbocycles. The second-order valence-corrected chi connectivity index (χ2v) is 9.11. The summed E-state index contributed by atoms with van der Waals surface area (Å²) in [7, 11) is -0.789. The zero-order chi connectivity index (χ0) is 13.4. The van der Waals surface area contributed by atoms with Gasteiger partial charge in [0.05, 0.1) is 0 Å². The van der Waals surface area contributed by atoms with E-state index in [1.807, 2.05) is 0 Å². The Morgan fingerprint density at radius 1 is 0.850 bits per heavy atom. The topological polar surface area (TPSA) is 0 Å². The van der Waals surface area contributed by atoms with E-state index in [1.54, 1.807) is 16.7 Å². The van der Waals surface area contributed by atoms with Crippen molar-refractivity contribution < 1.29 is 26.2 Å². The summed E-state index contributed by atoms with van der Waals surface area (Å²) in [5.41, 5.74) is 11.1. The molecule has 2 aliphatic carbocycles. The van der Waals surface area contributed by atoms with Crippen molar-refractivity contribution in [2.75, 3.05) is 0 Å². The summed E-state index contributed by atoms with van der Waals surface area (Å²) in [5, 5.41) is 0. The van der Waals surface area contributed by atoms with Crippen LogP contribution in [0, 0.1) is 5.54 Å². The Kier molecular flexibility index (Phi) is 8.10. The fraction of sp³-hybridized carbons (Fsp3) is 0.471. The first-order valence-electron chi connectivity index (χ1n) is 7.01. The molecule has 0 aromatic heterocycles. The van der Waals surface area contributed by atoms with Crippen LogP contribution in [0.15, 0.2) is 45.6 Å². The van der Waals surface area contributed by atoms with Crippen LogP contribution in [-0.4, -0.2) is 8.80 Å². The van der Waals surface area contributed by atoms with Crippen molar-refractivity contribution in [1.82, 2.24) is 0 Å². The Bertz CT molecular complexity index is 453. The molecular formula is C17H26ClSiZr-. The molecule has 2 aliphatic rings. The monoisotopic (exact) mass is 383 g/mol. The van der Waals surface area contributed by atoms with Crippen LogP contribution in [-0.2, 0) is 26.2 Å². The Hall–Kier alpha value is 0.220. The maximum Gasteiger partial charge on any atom is 0.00185 e. The molecule has 0 N–H and O–H groups in total. The third-order valence-electron chi connectivity index (χ3n) is 4.02. The summed E-state index contributed by atoms with van der Waals surface area (Å²) in [5.74, 6) is 0. The van der Waals surface area contributed by atoms with Gasteiger partial charge in [-0.25, -0.2) is 0 Å². The molecule has 0 heterocycles. The standard InChI is InChI=1S/C17H25Si.ClH.Zr/c1-11-7-13(3)15(9-11)17(18(5)6)16-10-12(2)8-14(16)4;;/h7-8,18H,9-10H2,1-6H3;1H;/q-1;;. The van der Waals surface area contributed by atoms with Gasteiger partial charge < -0.3 is 0 Å². The number of allylic oxidation sites excluding steroid dienone is 8. The van der Waals surface area contributed by atoms with Crippen molar-refractivity contribution >= 4 is 21.2 Å². The fourth-order valence-corrected chi connectivity index (χ4v) is 5.40. The summed E-state index contributed by atoms with van der Waals surface area (Å²) in [6.45, 7) is 14.0. The van der Waals surface area contributed by atoms with E-state index >= 15 is 0 Å². The maximum atomic E-state index is 2.47. The fourth-order valence-electron chi connectivity index (χ4n) is 3.35. The molecule has 20 heavy (non-hydrogen) atoms. The molecule has 0 aromatic rings. The van der Waals surface area contributed by atoms with E-state index in [2.05, 4.69) is 52.9 Å². The molecule has 0 bridgehead atoms. The van der Waals surface area contributed by atoms with Crippen molar-refractivity contribution in [3.63, 3.8) is 0 Å². The van der Waals surface area contributed by atoms with Gasteiger partial charge in [-0.2, -0.15) is 5.54 Å². The number of hydrogen-bond acceptors (Lipinski definition) is 0. The summed E-state index contributed by atoms with van der Waals surface area (Å²) in [4.78, 5) is 0. The SMILES string of the molecule is CC1=CC(C)=C([C-](C2=C(C)C=C(C)C2)[SiH](C)C)C1.Cl.[Zr]. The molecule has 3 heteroatoms. The number of hydrogen-bond donors (Lipinski definition) is 0. The van der Waals surface area contributed by atoms with Gasteiger partial charge in [-0.15, -0.1) is 46.9 Å². The van der Waals surface area contributed by atoms with Gasteiger partial charge in [0, 0.05) is 35.0 Å². The van der Waals surface area contributed by atoms with Crippen molar-refractivity contribution in [3.8, 4) is 0 Å². The zero-order valence-electron chi connectivity index (χ0n) is 13.6. The van der Waals surface area contributed by atoms with Crippen molar-refractivity contribution in [2.24, 2.45) is 0 Å². The van der Waals surface area contributed by atoms with E-state index in [0.29, 0.717) is 0 Å². The molecule has 110 valence electrons. The first-order valence-corrected chi connectivity index (χ1v) is 9.90. The molecule has 0 saturated heterocycles. The van der Waals surface area contributed by atoms with E-state index in [9.17, 15) is 0 Å². The van der Waals surface area contributed by atoms with Crippen LogP contribution in [0.25, 0.3) is 0 Å². The zero-order valence-corrected chi connectivity index (χ0v) is 18.0. The molecule has 0 spiro atoms. The first kappa shape index (κ1) is 20.2. The van der Waals surface area contributed by atoms with Gasteiger partial charge in [0.2, 0.25) is 0 Å². The summed E-state index contributed by atoms with van der Waals surface area (Å²) >= 11 is 0. The molecular weight excluding hydrogens is 359 g/mol. The predicted molar refractivity (Wildman–Crippen MR) is 91.5 cm³/mol. The minimum atomic E-state index is -0.789. The smallest absolute Gasteiger partial charge is 0.00185 e. The minimum Gasteiger partial charge on any atom is -0.155 e. The van der Waals surface area contributed by atoms with Gasteiger partial charge in [-0.05, 0) is 26.7 Å². The largest absolute Gasteiger partial charge is 0.155 e. The molecule has 0 amide bonds. The van der Waals surface area contributed by atoms with E-state index in [0.717, 1.165) is 0 Å². The van der Waals surface area contributed by atoms with Crippen molar-refractivity contribution in [2.45, 2.75) is 53.6 Å². The van der Waals surface area contributed by atoms with E-state index < -0.39 is 8.80 Å². The Balaban J connectivity index is 0.00000180. The van der Waals surface area contributed by atoms with Crippen LogP contribution in [0.3, 0.4) is 0 Å². The third-order valence-corrected chi connectivity index (χ3v) is 5.87. The van der Waals surface area contributed by atoms with Gasteiger partial charge in [0.1, 0.15) is 0 Å². The second-order valence-electron chi connectivity index (χ2n) is 6.23. The van der Waals surface area contributed by atoms with Gasteiger partial charge in [0.15, 0.2) is 0 Å². The second kappa shape index (κ2) is 8.01. The van der Waals surface area contributed by atoms with Gasteiger partial charge in [0.25, 0.3) is 0 Å². The molecule has 0 saturated carbocycles. The quantitative estimate of drug-likeness (QED) is 0.455. The van der Waals surface area contributed by atoms with Gasteiger partial charge in [-0.1, -0.05) is 38.1 Å². The van der Waals surface area contributed by atoms with Gasteiger partial charge in [-0.3, -0.25) is 0 Å². The van der Waals surface area contributed by atoms with Gasteiger partial charge >= 0.3 is 0 Å². The van der Waals surface area contributed by atoms with Crippen molar-refractivity contribution in [1.29, 1.82) is 0 Å². The Labute approximate surface area is 151 Å². The Morgan fingerprint density at radius 3 is 1.40 bits per heavy atom. The normalized spacial score (nSPS) is 17.9. The Morgan fingerprint density at radius 2 is 1.20 bits per heavy atom. The molecule has 2 rings (SSSR count). The number of rotatable bonds is 3. The molecule has 0 atom stereocenters. The van der Waals surface area contributed by atoms with Crippen LogP contribution >= 0.6 is 12.4 Å². The molecule has 0 radical (unpaired) electrons. The predicted octanol–water partition coefficient (Wildman–Crippen LogP) is 5.34. The summed E-state index contributed by atoms with van der Waals surface area (Å²) in [6, 6.07) is 0. The molecule has 0 nitrogen and oxygen atoms in total. The summed E-state index contributed by atoms with van der Waals surface area (Å²) in [6.07, 6.45) is 7.11. The van der Waals surface area contributed by atoms with Crippen LogP contribution in [0.4, 0.5) is 0 Å². The van der Waals surface area contributed by atoms with Crippen LogP contribution in [0.5, 0.6) is 0 Å². The average molecular weight is 385 g/mol.